The molecular formula is C13H27N3O3. The average Bonchev–Trinajstić information content (AvgIpc) is 2.29. The molecule has 1 amide bonds. The number of rotatable bonds is 9. The Morgan fingerprint density at radius 2 is 1.74 bits per heavy atom. The van der Waals surface area contributed by atoms with Gasteiger partial charge in [0.25, 0.3) is 0 Å². The van der Waals surface area contributed by atoms with Crippen LogP contribution in [0.3, 0.4) is 0 Å². The smallest absolute Gasteiger partial charge is 0.303 e. The van der Waals surface area contributed by atoms with E-state index in [4.69, 9.17) is 10.8 Å². The van der Waals surface area contributed by atoms with Gasteiger partial charge in [-0.15, -0.1) is 0 Å². The van der Waals surface area contributed by atoms with Gasteiger partial charge in [-0.05, 0) is 34.1 Å². The zero-order chi connectivity index (χ0) is 15.0. The molecule has 0 spiro atoms. The van der Waals surface area contributed by atoms with E-state index in [-0.39, 0.29) is 18.7 Å². The Bertz CT molecular complexity index is 285. The fraction of sp³-hybridized carbons (Fsp3) is 0.846. The van der Waals surface area contributed by atoms with Crippen molar-refractivity contribution in [1.82, 2.24) is 10.2 Å². The van der Waals surface area contributed by atoms with Crippen LogP contribution in [0.5, 0.6) is 0 Å². The standard InChI is InChI=1S/C13H27N3O3/c1-9(2)16(10(3)4)8-7-15-13(19)11(14)5-6-12(17)18/h9-11H,5-8,14H2,1-4H3,(H,15,19)(H,17,18). The molecule has 0 aromatic heterocycles. The first-order valence-electron chi connectivity index (χ1n) is 6.76. The van der Waals surface area contributed by atoms with Gasteiger partial charge in [0.2, 0.25) is 5.91 Å². The number of nitrogens with zero attached hydrogens (tertiary/aromatic N) is 1. The highest BCUT2D eigenvalue weighted by Gasteiger charge is 2.16. The van der Waals surface area contributed by atoms with Crippen LogP contribution in [0, 0.1) is 0 Å². The minimum atomic E-state index is -0.936. The summed E-state index contributed by atoms with van der Waals surface area (Å²) in [6.45, 7) is 9.73. The van der Waals surface area contributed by atoms with Gasteiger partial charge in [0.15, 0.2) is 0 Å². The van der Waals surface area contributed by atoms with Gasteiger partial charge in [-0.3, -0.25) is 14.5 Å². The lowest BCUT2D eigenvalue weighted by Crippen LogP contribution is -2.46. The molecule has 1 unspecified atom stereocenters. The van der Waals surface area contributed by atoms with Crippen molar-refractivity contribution >= 4 is 11.9 Å². The van der Waals surface area contributed by atoms with Gasteiger partial charge < -0.3 is 16.2 Å². The molecule has 1 atom stereocenters. The molecule has 0 fully saturated rings. The van der Waals surface area contributed by atoms with Crippen molar-refractivity contribution < 1.29 is 14.7 Å². The van der Waals surface area contributed by atoms with Gasteiger partial charge in [0.05, 0.1) is 6.04 Å². The first-order valence-corrected chi connectivity index (χ1v) is 6.76. The molecular weight excluding hydrogens is 246 g/mol. The van der Waals surface area contributed by atoms with Crippen molar-refractivity contribution in [3.8, 4) is 0 Å². The van der Waals surface area contributed by atoms with E-state index in [2.05, 4.69) is 37.9 Å². The maximum Gasteiger partial charge on any atom is 0.303 e. The number of carbonyl (C=O) groups excluding carboxylic acids is 1. The number of carboxylic acid groups (broad SMARTS) is 1. The number of nitrogens with two attached hydrogens (primary N) is 1. The molecule has 0 rings (SSSR count). The number of hydrogen-bond acceptors (Lipinski definition) is 4. The summed E-state index contributed by atoms with van der Waals surface area (Å²) >= 11 is 0. The molecule has 6 heteroatoms. The van der Waals surface area contributed by atoms with E-state index in [0.717, 1.165) is 6.54 Å². The third-order valence-electron chi connectivity index (χ3n) is 3.00. The van der Waals surface area contributed by atoms with Crippen LogP contribution in [-0.4, -0.2) is 53.1 Å². The predicted molar refractivity (Wildman–Crippen MR) is 74.8 cm³/mol. The van der Waals surface area contributed by atoms with Gasteiger partial charge in [-0.1, -0.05) is 0 Å². The van der Waals surface area contributed by atoms with Crippen LogP contribution in [0.15, 0.2) is 0 Å². The molecule has 0 radical (unpaired) electrons. The van der Waals surface area contributed by atoms with Crippen LogP contribution in [0.2, 0.25) is 0 Å². The molecule has 0 saturated heterocycles. The number of carbonyl (C=O) groups is 2. The van der Waals surface area contributed by atoms with E-state index in [1.165, 1.54) is 0 Å². The Hall–Kier alpha value is -1.14. The van der Waals surface area contributed by atoms with E-state index < -0.39 is 12.0 Å². The number of aliphatic carboxylic acids is 1. The van der Waals surface area contributed by atoms with Gasteiger partial charge >= 0.3 is 5.97 Å². The molecule has 0 aromatic carbocycles. The summed E-state index contributed by atoms with van der Waals surface area (Å²) in [4.78, 5) is 24.3. The molecule has 6 nitrogen and oxygen atoms in total. The summed E-state index contributed by atoms with van der Waals surface area (Å²) in [5.74, 6) is -1.22. The first kappa shape index (κ1) is 17.9. The van der Waals surface area contributed by atoms with Crippen molar-refractivity contribution in [2.24, 2.45) is 5.73 Å². The van der Waals surface area contributed by atoms with Gasteiger partial charge in [0, 0.05) is 31.6 Å². The lowest BCUT2D eigenvalue weighted by Gasteiger charge is -2.30. The molecule has 0 bridgehead atoms. The second kappa shape index (κ2) is 8.87. The Kier molecular flexibility index (Phi) is 8.34. The van der Waals surface area contributed by atoms with Crippen molar-refractivity contribution in [2.45, 2.75) is 58.7 Å². The minimum Gasteiger partial charge on any atom is -0.481 e. The SMILES string of the molecule is CC(C)N(CCNC(=O)C(N)CCC(=O)O)C(C)C. The lowest BCUT2D eigenvalue weighted by molar-refractivity contribution is -0.137. The Labute approximate surface area is 115 Å². The maximum atomic E-state index is 11.6. The third-order valence-corrected chi connectivity index (χ3v) is 3.00. The van der Waals surface area contributed by atoms with Crippen LogP contribution < -0.4 is 11.1 Å². The van der Waals surface area contributed by atoms with E-state index in [1.54, 1.807) is 0 Å². The fourth-order valence-electron chi connectivity index (χ4n) is 1.96. The van der Waals surface area contributed by atoms with Crippen LogP contribution in [0.1, 0.15) is 40.5 Å². The number of hydrogen-bond donors (Lipinski definition) is 3. The van der Waals surface area contributed by atoms with Crippen LogP contribution in [0.4, 0.5) is 0 Å². The van der Waals surface area contributed by atoms with Crippen molar-refractivity contribution in [3.63, 3.8) is 0 Å². The maximum absolute atomic E-state index is 11.6. The highest BCUT2D eigenvalue weighted by molar-refractivity contribution is 5.82. The normalized spacial score (nSPS) is 13.1. The molecule has 0 heterocycles. The van der Waals surface area contributed by atoms with E-state index >= 15 is 0 Å². The second-order valence-corrected chi connectivity index (χ2v) is 5.26. The summed E-state index contributed by atoms with van der Waals surface area (Å²) in [6.07, 6.45) is 0.0813. The highest BCUT2D eigenvalue weighted by atomic mass is 16.4. The summed E-state index contributed by atoms with van der Waals surface area (Å²) < 4.78 is 0. The summed E-state index contributed by atoms with van der Waals surface area (Å²) in [5, 5.41) is 11.3. The van der Waals surface area contributed by atoms with Crippen molar-refractivity contribution in [3.05, 3.63) is 0 Å². The molecule has 0 aliphatic rings. The Morgan fingerprint density at radius 1 is 1.21 bits per heavy atom. The summed E-state index contributed by atoms with van der Waals surface area (Å²) in [6, 6.07) is 0.0813. The first-order chi connectivity index (χ1) is 8.75. The molecule has 0 aliphatic carbocycles. The van der Waals surface area contributed by atoms with Crippen molar-refractivity contribution in [1.29, 1.82) is 0 Å². The van der Waals surface area contributed by atoms with Gasteiger partial charge in [-0.25, -0.2) is 0 Å². The quantitative estimate of drug-likeness (QED) is 0.565. The lowest BCUT2D eigenvalue weighted by atomic mass is 10.1. The van der Waals surface area contributed by atoms with Crippen molar-refractivity contribution in [2.75, 3.05) is 13.1 Å². The van der Waals surface area contributed by atoms with Gasteiger partial charge in [0.1, 0.15) is 0 Å². The predicted octanol–water partition coefficient (Wildman–Crippen LogP) is 0.414. The van der Waals surface area contributed by atoms with Crippen LogP contribution in [-0.2, 0) is 9.59 Å². The Morgan fingerprint density at radius 3 is 2.16 bits per heavy atom. The summed E-state index contributed by atoms with van der Waals surface area (Å²) in [5.41, 5.74) is 5.61. The molecule has 0 saturated carbocycles. The molecule has 112 valence electrons. The minimum absolute atomic E-state index is 0.0846. The summed E-state index contributed by atoms with van der Waals surface area (Å²) in [7, 11) is 0. The molecule has 19 heavy (non-hydrogen) atoms. The average molecular weight is 273 g/mol. The second-order valence-electron chi connectivity index (χ2n) is 5.26. The van der Waals surface area contributed by atoms with E-state index in [0.29, 0.717) is 18.6 Å². The number of carboxylic acids is 1. The zero-order valence-electron chi connectivity index (χ0n) is 12.3. The zero-order valence-corrected chi connectivity index (χ0v) is 12.3. The fourth-order valence-corrected chi connectivity index (χ4v) is 1.96. The topological polar surface area (TPSA) is 95.7 Å². The Balaban J connectivity index is 3.98. The molecule has 0 aliphatic heterocycles. The molecule has 4 N–H and O–H groups in total. The van der Waals surface area contributed by atoms with E-state index in [1.807, 2.05) is 0 Å². The third kappa shape index (κ3) is 7.79. The van der Waals surface area contributed by atoms with Crippen LogP contribution in [0.25, 0.3) is 0 Å². The highest BCUT2D eigenvalue weighted by Crippen LogP contribution is 2.03. The number of amides is 1. The van der Waals surface area contributed by atoms with Gasteiger partial charge in [-0.2, -0.15) is 0 Å². The van der Waals surface area contributed by atoms with E-state index in [9.17, 15) is 9.59 Å². The molecule has 0 aromatic rings. The monoisotopic (exact) mass is 273 g/mol. The largest absolute Gasteiger partial charge is 0.481 e. The number of nitrogens with one attached hydrogen (secondary N) is 1. The van der Waals surface area contributed by atoms with Crippen LogP contribution >= 0.6 is 0 Å².